The maximum Gasteiger partial charge on any atom is 0.242 e. The zero-order valence-electron chi connectivity index (χ0n) is 13.8. The molecule has 2 aromatic carbocycles. The molecule has 5 heteroatoms. The van der Waals surface area contributed by atoms with Crippen LogP contribution in [0.15, 0.2) is 54.6 Å². The summed E-state index contributed by atoms with van der Waals surface area (Å²) < 4.78 is 13.0. The maximum atomic E-state index is 13.0. The van der Waals surface area contributed by atoms with Crippen LogP contribution in [0.3, 0.4) is 0 Å². The number of hydrogen-bond donors (Lipinski definition) is 1. The van der Waals surface area contributed by atoms with Gasteiger partial charge in [0.2, 0.25) is 11.8 Å². The number of nitrogens with one attached hydrogen (secondary N) is 1. The predicted octanol–water partition coefficient (Wildman–Crippen LogP) is 2.70. The van der Waals surface area contributed by atoms with E-state index >= 15 is 0 Å². The molecule has 2 rings (SSSR count). The van der Waals surface area contributed by atoms with Gasteiger partial charge in [-0.2, -0.15) is 0 Å². The third-order valence-electron chi connectivity index (χ3n) is 3.97. The summed E-state index contributed by atoms with van der Waals surface area (Å²) in [5.74, 6) is -0.710. The lowest BCUT2D eigenvalue weighted by Crippen LogP contribution is -2.39. The van der Waals surface area contributed by atoms with E-state index in [1.165, 1.54) is 17.0 Å². The summed E-state index contributed by atoms with van der Waals surface area (Å²) in [5.41, 5.74) is 1.73. The molecular weight excluding hydrogens is 307 g/mol. The minimum atomic E-state index is -0.312. The molecule has 2 aromatic rings. The number of nitrogens with zero attached hydrogens (tertiary/aromatic N) is 1. The van der Waals surface area contributed by atoms with E-state index in [0.717, 1.165) is 11.1 Å². The van der Waals surface area contributed by atoms with Crippen molar-refractivity contribution in [2.45, 2.75) is 19.4 Å². The van der Waals surface area contributed by atoms with E-state index < -0.39 is 0 Å². The van der Waals surface area contributed by atoms with Gasteiger partial charge in [0, 0.05) is 7.05 Å². The van der Waals surface area contributed by atoms with E-state index in [1.54, 1.807) is 19.2 Å². The average molecular weight is 328 g/mol. The van der Waals surface area contributed by atoms with Crippen LogP contribution in [0.1, 0.15) is 24.1 Å². The fourth-order valence-electron chi connectivity index (χ4n) is 2.32. The first-order valence-electron chi connectivity index (χ1n) is 7.79. The molecule has 0 aliphatic carbocycles. The molecule has 0 aliphatic rings. The number of carbonyl (C=O) groups excluding carboxylic acids is 2. The average Bonchev–Trinajstić information content (AvgIpc) is 2.60. The summed E-state index contributed by atoms with van der Waals surface area (Å²) in [6, 6.07) is 15.2. The Kier molecular flexibility index (Phi) is 6.07. The molecule has 0 aromatic heterocycles. The molecule has 24 heavy (non-hydrogen) atoms. The van der Waals surface area contributed by atoms with Gasteiger partial charge < -0.3 is 10.2 Å². The lowest BCUT2D eigenvalue weighted by molar-refractivity contribution is -0.133. The Morgan fingerprint density at radius 3 is 2.33 bits per heavy atom. The van der Waals surface area contributed by atoms with Gasteiger partial charge in [-0.3, -0.25) is 9.59 Å². The van der Waals surface area contributed by atoms with Crippen molar-refractivity contribution < 1.29 is 14.0 Å². The molecule has 0 fully saturated rings. The molecule has 0 aliphatic heterocycles. The molecule has 0 spiro atoms. The molecule has 0 saturated carbocycles. The van der Waals surface area contributed by atoms with Gasteiger partial charge in [0.1, 0.15) is 5.82 Å². The van der Waals surface area contributed by atoms with Crippen molar-refractivity contribution in [2.24, 2.45) is 0 Å². The Bertz CT molecular complexity index is 686. The smallest absolute Gasteiger partial charge is 0.242 e. The van der Waals surface area contributed by atoms with E-state index in [4.69, 9.17) is 0 Å². The first-order valence-corrected chi connectivity index (χ1v) is 7.79. The number of hydrogen-bond acceptors (Lipinski definition) is 2. The van der Waals surface area contributed by atoms with Crippen molar-refractivity contribution >= 4 is 11.8 Å². The van der Waals surface area contributed by atoms with E-state index in [2.05, 4.69) is 5.32 Å². The number of halogens is 1. The Morgan fingerprint density at radius 2 is 1.71 bits per heavy atom. The van der Waals surface area contributed by atoms with Gasteiger partial charge in [-0.1, -0.05) is 42.5 Å². The van der Waals surface area contributed by atoms with Gasteiger partial charge in [-0.05, 0) is 30.2 Å². The number of benzene rings is 2. The Morgan fingerprint density at radius 1 is 1.08 bits per heavy atom. The number of amides is 2. The Hall–Kier alpha value is -2.69. The first-order chi connectivity index (χ1) is 11.5. The van der Waals surface area contributed by atoms with Gasteiger partial charge >= 0.3 is 0 Å². The minimum absolute atomic E-state index is 0.0618. The van der Waals surface area contributed by atoms with Gasteiger partial charge in [0.05, 0.1) is 19.0 Å². The maximum absolute atomic E-state index is 13.0. The molecule has 0 saturated heterocycles. The van der Waals surface area contributed by atoms with Gasteiger partial charge in [-0.15, -0.1) is 0 Å². The SMILES string of the molecule is CC(c1ccc(F)cc1)N(C)C(=O)CNC(=O)Cc1ccccc1. The molecule has 1 N–H and O–H groups in total. The summed E-state index contributed by atoms with van der Waals surface area (Å²) in [6.45, 7) is 1.80. The van der Waals surface area contributed by atoms with E-state index in [9.17, 15) is 14.0 Å². The van der Waals surface area contributed by atoms with Crippen LogP contribution in [-0.4, -0.2) is 30.3 Å². The summed E-state index contributed by atoms with van der Waals surface area (Å²) in [4.78, 5) is 25.6. The normalized spacial score (nSPS) is 11.6. The molecule has 1 unspecified atom stereocenters. The molecule has 0 bridgehead atoms. The van der Waals surface area contributed by atoms with Crippen LogP contribution in [0.5, 0.6) is 0 Å². The van der Waals surface area contributed by atoms with Crippen LogP contribution < -0.4 is 5.32 Å². The topological polar surface area (TPSA) is 49.4 Å². The fraction of sp³-hybridized carbons (Fsp3) is 0.263. The largest absolute Gasteiger partial charge is 0.347 e. The lowest BCUT2D eigenvalue weighted by Gasteiger charge is -2.25. The third kappa shape index (κ3) is 4.91. The highest BCUT2D eigenvalue weighted by Gasteiger charge is 2.18. The summed E-state index contributed by atoms with van der Waals surface area (Å²) in [5, 5.41) is 2.64. The quantitative estimate of drug-likeness (QED) is 0.886. The third-order valence-corrected chi connectivity index (χ3v) is 3.97. The van der Waals surface area contributed by atoms with E-state index in [0.29, 0.717) is 0 Å². The summed E-state index contributed by atoms with van der Waals surface area (Å²) in [7, 11) is 1.67. The molecule has 1 atom stereocenters. The van der Waals surface area contributed by atoms with Crippen LogP contribution in [-0.2, 0) is 16.0 Å². The van der Waals surface area contributed by atoms with E-state index in [-0.39, 0.29) is 36.6 Å². The molecule has 0 radical (unpaired) electrons. The number of likely N-dealkylation sites (N-methyl/N-ethyl adjacent to an activating group) is 1. The van der Waals surface area contributed by atoms with Crippen molar-refractivity contribution in [1.29, 1.82) is 0 Å². The fourth-order valence-corrected chi connectivity index (χ4v) is 2.32. The number of rotatable bonds is 6. The highest BCUT2D eigenvalue weighted by molar-refractivity contribution is 5.85. The van der Waals surface area contributed by atoms with Crippen LogP contribution in [0.25, 0.3) is 0 Å². The zero-order chi connectivity index (χ0) is 17.5. The Labute approximate surface area is 141 Å². The van der Waals surface area contributed by atoms with Crippen molar-refractivity contribution in [3.05, 3.63) is 71.5 Å². The van der Waals surface area contributed by atoms with Crippen LogP contribution in [0.2, 0.25) is 0 Å². The highest BCUT2D eigenvalue weighted by atomic mass is 19.1. The molecule has 0 heterocycles. The molecular formula is C19H21FN2O2. The predicted molar refractivity (Wildman–Crippen MR) is 90.7 cm³/mol. The zero-order valence-corrected chi connectivity index (χ0v) is 13.8. The van der Waals surface area contributed by atoms with Crippen LogP contribution in [0.4, 0.5) is 4.39 Å². The van der Waals surface area contributed by atoms with Crippen LogP contribution >= 0.6 is 0 Å². The first kappa shape index (κ1) is 17.7. The van der Waals surface area contributed by atoms with Crippen molar-refractivity contribution in [3.63, 3.8) is 0 Å². The molecule has 4 nitrogen and oxygen atoms in total. The van der Waals surface area contributed by atoms with Crippen molar-refractivity contribution in [2.75, 3.05) is 13.6 Å². The second-order valence-electron chi connectivity index (χ2n) is 5.67. The summed E-state index contributed by atoms with van der Waals surface area (Å²) in [6.07, 6.45) is 0.241. The van der Waals surface area contributed by atoms with Crippen molar-refractivity contribution in [1.82, 2.24) is 10.2 Å². The standard InChI is InChI=1S/C19H21FN2O2/c1-14(16-8-10-17(20)11-9-16)22(2)19(24)13-21-18(23)12-15-6-4-3-5-7-15/h3-11,14H,12-13H2,1-2H3,(H,21,23). The highest BCUT2D eigenvalue weighted by Crippen LogP contribution is 2.18. The molecule has 2 amide bonds. The van der Waals surface area contributed by atoms with Gasteiger partial charge in [-0.25, -0.2) is 4.39 Å². The summed E-state index contributed by atoms with van der Waals surface area (Å²) >= 11 is 0. The molecule has 126 valence electrons. The Balaban J connectivity index is 1.84. The van der Waals surface area contributed by atoms with Crippen LogP contribution in [0, 0.1) is 5.82 Å². The lowest BCUT2D eigenvalue weighted by atomic mass is 10.1. The van der Waals surface area contributed by atoms with Gasteiger partial charge in [0.25, 0.3) is 0 Å². The van der Waals surface area contributed by atoms with Gasteiger partial charge in [0.15, 0.2) is 0 Å². The second kappa shape index (κ2) is 8.24. The minimum Gasteiger partial charge on any atom is -0.347 e. The number of carbonyl (C=O) groups is 2. The monoisotopic (exact) mass is 328 g/mol. The van der Waals surface area contributed by atoms with Crippen molar-refractivity contribution in [3.8, 4) is 0 Å². The van der Waals surface area contributed by atoms with E-state index in [1.807, 2.05) is 37.3 Å². The second-order valence-corrected chi connectivity index (χ2v) is 5.67.